The molecule has 2 heterocycles. The van der Waals surface area contributed by atoms with Gasteiger partial charge in [-0.25, -0.2) is 14.6 Å². The van der Waals surface area contributed by atoms with Crippen LogP contribution in [0.3, 0.4) is 0 Å². The Balaban J connectivity index is 1.86. The minimum Gasteiger partial charge on any atom is -0.465 e. The molecule has 2 aromatic heterocycles. The van der Waals surface area contributed by atoms with Gasteiger partial charge in [0.25, 0.3) is 0 Å². The number of esters is 1. The van der Waals surface area contributed by atoms with Crippen molar-refractivity contribution in [1.82, 2.24) is 25.0 Å². The molecule has 0 aliphatic rings. The highest BCUT2D eigenvalue weighted by molar-refractivity contribution is 8.00. The summed E-state index contributed by atoms with van der Waals surface area (Å²) in [6.45, 7) is 6.74. The molecule has 8 heteroatoms. The van der Waals surface area contributed by atoms with E-state index in [0.717, 1.165) is 5.56 Å². The number of thioether (sulfide) groups is 1. The maximum atomic E-state index is 12.1. The van der Waals surface area contributed by atoms with Crippen LogP contribution >= 0.6 is 11.8 Å². The van der Waals surface area contributed by atoms with E-state index in [9.17, 15) is 4.79 Å². The highest BCUT2D eigenvalue weighted by Gasteiger charge is 2.22. The first-order valence-corrected chi connectivity index (χ1v) is 9.43. The third-order valence-corrected chi connectivity index (χ3v) is 5.23. The van der Waals surface area contributed by atoms with Crippen LogP contribution in [0.25, 0.3) is 11.2 Å². The molecule has 0 radical (unpaired) electrons. The second kappa shape index (κ2) is 8.27. The van der Waals surface area contributed by atoms with Crippen molar-refractivity contribution in [2.24, 2.45) is 0 Å². The maximum absolute atomic E-state index is 12.1. The number of ether oxygens (including phenoxy) is 1. The number of carbonyl (C=O) groups is 1. The summed E-state index contributed by atoms with van der Waals surface area (Å²) in [5.74, 6) is -0.237. The van der Waals surface area contributed by atoms with E-state index < -0.39 is 0 Å². The number of rotatable bonds is 7. The van der Waals surface area contributed by atoms with E-state index in [1.54, 1.807) is 11.6 Å². The van der Waals surface area contributed by atoms with Gasteiger partial charge in [-0.05, 0) is 25.8 Å². The highest BCUT2D eigenvalue weighted by atomic mass is 32.2. The monoisotopic (exact) mass is 371 g/mol. The zero-order chi connectivity index (χ0) is 18.5. The Bertz CT molecular complexity index is 894. The lowest BCUT2D eigenvalue weighted by atomic mass is 10.1. The molecule has 0 saturated carbocycles. The van der Waals surface area contributed by atoms with Crippen LogP contribution in [-0.4, -0.2) is 42.8 Å². The third kappa shape index (κ3) is 4.01. The zero-order valence-electron chi connectivity index (χ0n) is 15.0. The lowest BCUT2D eigenvalue weighted by Gasteiger charge is -2.12. The standard InChI is InChI=1S/C18H21N5O2S/c1-4-14(18(24)25-5-2)26-17-15-16(19-11-20-17)23(22-21-15)10-13-8-6-12(3)7-9-13/h6-9,11,14H,4-5,10H2,1-3H3/t14-/m1/s1. The Morgan fingerprint density at radius 2 is 2.00 bits per heavy atom. The van der Waals surface area contributed by atoms with Gasteiger partial charge in [0.05, 0.1) is 13.2 Å². The van der Waals surface area contributed by atoms with Crippen molar-refractivity contribution in [2.45, 2.75) is 44.0 Å². The number of hydrogen-bond acceptors (Lipinski definition) is 7. The van der Waals surface area contributed by atoms with Crippen LogP contribution in [0.5, 0.6) is 0 Å². The summed E-state index contributed by atoms with van der Waals surface area (Å²) in [5, 5.41) is 8.78. The first-order valence-electron chi connectivity index (χ1n) is 8.55. The van der Waals surface area contributed by atoms with Crippen molar-refractivity contribution in [2.75, 3.05) is 6.61 Å². The van der Waals surface area contributed by atoms with Gasteiger partial charge in [0.2, 0.25) is 0 Å². The number of hydrogen-bond donors (Lipinski definition) is 0. The number of nitrogens with zero attached hydrogens (tertiary/aromatic N) is 5. The Morgan fingerprint density at radius 3 is 2.69 bits per heavy atom. The van der Waals surface area contributed by atoms with E-state index in [1.165, 1.54) is 23.7 Å². The second-order valence-electron chi connectivity index (χ2n) is 5.85. The van der Waals surface area contributed by atoms with Gasteiger partial charge < -0.3 is 4.74 Å². The van der Waals surface area contributed by atoms with Crippen molar-refractivity contribution >= 4 is 28.9 Å². The van der Waals surface area contributed by atoms with Gasteiger partial charge in [-0.1, -0.05) is 53.7 Å². The molecule has 0 saturated heterocycles. The Hall–Kier alpha value is -2.48. The predicted octanol–water partition coefficient (Wildman–Crippen LogP) is 3.01. The van der Waals surface area contributed by atoms with Crippen LogP contribution < -0.4 is 0 Å². The molecule has 0 aliphatic heterocycles. The first-order chi connectivity index (χ1) is 12.6. The molecule has 0 bridgehead atoms. The van der Waals surface area contributed by atoms with E-state index in [1.807, 2.05) is 6.92 Å². The SMILES string of the molecule is CCOC(=O)[C@@H](CC)Sc1ncnc2c1nnn2Cc1ccc(C)cc1. The average Bonchev–Trinajstić information content (AvgIpc) is 3.05. The molecule has 7 nitrogen and oxygen atoms in total. The molecule has 136 valence electrons. The van der Waals surface area contributed by atoms with Crippen molar-refractivity contribution in [1.29, 1.82) is 0 Å². The molecule has 0 unspecified atom stereocenters. The second-order valence-corrected chi connectivity index (χ2v) is 7.04. The van der Waals surface area contributed by atoms with E-state index >= 15 is 0 Å². The molecule has 26 heavy (non-hydrogen) atoms. The van der Waals surface area contributed by atoms with Crippen molar-refractivity contribution < 1.29 is 9.53 Å². The topological polar surface area (TPSA) is 82.8 Å². The number of carbonyl (C=O) groups excluding carboxylic acids is 1. The fourth-order valence-electron chi connectivity index (χ4n) is 2.50. The third-order valence-electron chi connectivity index (χ3n) is 3.89. The summed E-state index contributed by atoms with van der Waals surface area (Å²) in [4.78, 5) is 20.7. The smallest absolute Gasteiger partial charge is 0.319 e. The molecule has 0 fully saturated rings. The molecule has 0 spiro atoms. The van der Waals surface area contributed by atoms with Gasteiger partial charge in [-0.15, -0.1) is 5.10 Å². The maximum Gasteiger partial charge on any atom is 0.319 e. The van der Waals surface area contributed by atoms with E-state index in [0.29, 0.717) is 35.8 Å². The molecule has 0 N–H and O–H groups in total. The predicted molar refractivity (Wildman–Crippen MR) is 100.0 cm³/mol. The number of aryl methyl sites for hydroxylation is 1. The van der Waals surface area contributed by atoms with E-state index in [2.05, 4.69) is 51.5 Å². The largest absolute Gasteiger partial charge is 0.465 e. The fraction of sp³-hybridized carbons (Fsp3) is 0.389. The van der Waals surface area contributed by atoms with Gasteiger partial charge in [-0.3, -0.25) is 4.79 Å². The molecule has 3 rings (SSSR count). The lowest BCUT2D eigenvalue weighted by molar-refractivity contribution is -0.142. The highest BCUT2D eigenvalue weighted by Crippen LogP contribution is 2.29. The Kier molecular flexibility index (Phi) is 5.82. The minimum absolute atomic E-state index is 0.237. The van der Waals surface area contributed by atoms with Crippen LogP contribution in [0.4, 0.5) is 0 Å². The average molecular weight is 371 g/mol. The number of benzene rings is 1. The molecular formula is C18H21N5O2S. The molecule has 1 atom stereocenters. The van der Waals surface area contributed by atoms with Crippen LogP contribution in [0.15, 0.2) is 35.6 Å². The van der Waals surface area contributed by atoms with Crippen molar-refractivity contribution in [3.63, 3.8) is 0 Å². The van der Waals surface area contributed by atoms with Gasteiger partial charge in [0.1, 0.15) is 16.6 Å². The van der Waals surface area contributed by atoms with Crippen LogP contribution in [0, 0.1) is 6.92 Å². The van der Waals surface area contributed by atoms with E-state index in [-0.39, 0.29) is 11.2 Å². The summed E-state index contributed by atoms with van der Waals surface area (Å²) in [6.07, 6.45) is 2.13. The van der Waals surface area contributed by atoms with Gasteiger partial charge in [0, 0.05) is 0 Å². The normalized spacial score (nSPS) is 12.3. The molecular weight excluding hydrogens is 350 g/mol. The van der Waals surface area contributed by atoms with Crippen LogP contribution in [0.1, 0.15) is 31.4 Å². The van der Waals surface area contributed by atoms with Crippen LogP contribution in [0.2, 0.25) is 0 Å². The quantitative estimate of drug-likeness (QED) is 0.359. The lowest BCUT2D eigenvalue weighted by Crippen LogP contribution is -2.19. The molecule has 0 aliphatic carbocycles. The van der Waals surface area contributed by atoms with Crippen LogP contribution in [-0.2, 0) is 16.1 Å². The van der Waals surface area contributed by atoms with Gasteiger partial charge in [-0.2, -0.15) is 0 Å². The molecule has 3 aromatic rings. The van der Waals surface area contributed by atoms with Crippen molar-refractivity contribution in [3.8, 4) is 0 Å². The Morgan fingerprint density at radius 1 is 1.23 bits per heavy atom. The zero-order valence-corrected chi connectivity index (χ0v) is 15.9. The summed E-state index contributed by atoms with van der Waals surface area (Å²) >= 11 is 1.35. The Labute approximate surface area is 156 Å². The van der Waals surface area contributed by atoms with Gasteiger partial charge >= 0.3 is 5.97 Å². The molecule has 0 amide bonds. The molecule has 1 aromatic carbocycles. The van der Waals surface area contributed by atoms with Gasteiger partial charge in [0.15, 0.2) is 11.2 Å². The summed E-state index contributed by atoms with van der Waals surface area (Å²) in [6, 6.07) is 8.26. The minimum atomic E-state index is -0.324. The fourth-order valence-corrected chi connectivity index (χ4v) is 3.45. The summed E-state index contributed by atoms with van der Waals surface area (Å²) in [5.41, 5.74) is 3.59. The van der Waals surface area contributed by atoms with E-state index in [4.69, 9.17) is 4.74 Å². The number of aromatic nitrogens is 5. The summed E-state index contributed by atoms with van der Waals surface area (Å²) < 4.78 is 6.88. The summed E-state index contributed by atoms with van der Waals surface area (Å²) in [7, 11) is 0. The first kappa shape index (κ1) is 18.3. The number of fused-ring (bicyclic) bond motifs is 1. The van der Waals surface area contributed by atoms with Crippen molar-refractivity contribution in [3.05, 3.63) is 41.7 Å².